The maximum atomic E-state index is 12.6. The number of hydrogen-bond acceptors (Lipinski definition) is 3. The summed E-state index contributed by atoms with van der Waals surface area (Å²) >= 11 is 0. The highest BCUT2D eigenvalue weighted by Gasteiger charge is 2.30. The van der Waals surface area contributed by atoms with Gasteiger partial charge in [-0.3, -0.25) is 4.79 Å². The Kier molecular flexibility index (Phi) is 7.77. The average molecular weight is 317 g/mol. The second kappa shape index (κ2) is 9.33. The van der Waals surface area contributed by atoms with Crippen LogP contribution in [0.15, 0.2) is 24.3 Å². The van der Waals surface area contributed by atoms with Crippen LogP contribution in [0.5, 0.6) is 0 Å². The van der Waals surface area contributed by atoms with E-state index >= 15 is 0 Å². The summed E-state index contributed by atoms with van der Waals surface area (Å²) in [4.78, 5) is 10.9. The van der Waals surface area contributed by atoms with Gasteiger partial charge in [-0.05, 0) is 31.0 Å². The number of alkyl halides is 3. The SMILES string of the molecule is COC(=O)CCCCCCCNc1cccc(C(F)(F)F)c1. The van der Waals surface area contributed by atoms with Crippen molar-refractivity contribution in [1.29, 1.82) is 0 Å². The molecule has 124 valence electrons. The second-order valence-electron chi connectivity index (χ2n) is 5.10. The molecule has 6 heteroatoms. The van der Waals surface area contributed by atoms with Crippen molar-refractivity contribution in [3.8, 4) is 0 Å². The monoisotopic (exact) mass is 317 g/mol. The van der Waals surface area contributed by atoms with Gasteiger partial charge in [0.1, 0.15) is 0 Å². The number of carbonyl (C=O) groups is 1. The Bertz CT molecular complexity index is 461. The van der Waals surface area contributed by atoms with Crippen LogP contribution in [0, 0.1) is 0 Å². The summed E-state index contributed by atoms with van der Waals surface area (Å²) in [6.45, 7) is 0.637. The molecule has 0 saturated carbocycles. The van der Waals surface area contributed by atoms with Gasteiger partial charge in [0.05, 0.1) is 12.7 Å². The van der Waals surface area contributed by atoms with Gasteiger partial charge in [-0.25, -0.2) is 0 Å². The van der Waals surface area contributed by atoms with Crippen LogP contribution in [0.3, 0.4) is 0 Å². The van der Waals surface area contributed by atoms with Crippen molar-refractivity contribution in [3.63, 3.8) is 0 Å². The number of halogens is 3. The summed E-state index contributed by atoms with van der Waals surface area (Å²) in [6, 6.07) is 5.21. The molecule has 0 aliphatic carbocycles. The Morgan fingerprint density at radius 1 is 1.14 bits per heavy atom. The van der Waals surface area contributed by atoms with E-state index in [-0.39, 0.29) is 5.97 Å². The van der Waals surface area contributed by atoms with E-state index in [1.165, 1.54) is 13.2 Å². The third-order valence-electron chi connectivity index (χ3n) is 3.30. The summed E-state index contributed by atoms with van der Waals surface area (Å²) in [5.74, 6) is -0.189. The minimum Gasteiger partial charge on any atom is -0.469 e. The Balaban J connectivity index is 2.14. The molecule has 0 atom stereocenters. The lowest BCUT2D eigenvalue weighted by Gasteiger charge is -2.10. The van der Waals surface area contributed by atoms with Crippen LogP contribution in [0.25, 0.3) is 0 Å². The standard InChI is InChI=1S/C16H22F3NO2/c1-22-15(21)10-5-3-2-4-6-11-20-14-9-7-8-13(12-14)16(17,18)19/h7-9,12,20H,2-6,10-11H2,1H3. The zero-order valence-electron chi connectivity index (χ0n) is 12.7. The van der Waals surface area contributed by atoms with Crippen molar-refractivity contribution >= 4 is 11.7 Å². The molecule has 0 fully saturated rings. The number of rotatable bonds is 9. The van der Waals surface area contributed by atoms with E-state index in [4.69, 9.17) is 0 Å². The van der Waals surface area contributed by atoms with Crippen molar-refractivity contribution in [2.75, 3.05) is 19.0 Å². The van der Waals surface area contributed by atoms with Gasteiger partial charge in [-0.1, -0.05) is 25.3 Å². The van der Waals surface area contributed by atoms with Gasteiger partial charge < -0.3 is 10.1 Å². The van der Waals surface area contributed by atoms with Crippen molar-refractivity contribution in [1.82, 2.24) is 0 Å². The molecule has 0 heterocycles. The topological polar surface area (TPSA) is 38.3 Å². The molecule has 22 heavy (non-hydrogen) atoms. The Morgan fingerprint density at radius 3 is 2.50 bits per heavy atom. The maximum absolute atomic E-state index is 12.6. The first-order valence-electron chi connectivity index (χ1n) is 7.41. The number of unbranched alkanes of at least 4 members (excludes halogenated alkanes) is 4. The molecule has 0 aliphatic rings. The largest absolute Gasteiger partial charge is 0.469 e. The first-order valence-corrected chi connectivity index (χ1v) is 7.41. The van der Waals surface area contributed by atoms with E-state index in [0.29, 0.717) is 18.7 Å². The number of carbonyl (C=O) groups excluding carboxylic acids is 1. The van der Waals surface area contributed by atoms with Gasteiger partial charge in [0, 0.05) is 18.7 Å². The van der Waals surface area contributed by atoms with Crippen molar-refractivity contribution in [2.24, 2.45) is 0 Å². The first kappa shape index (κ1) is 18.3. The molecule has 1 rings (SSSR count). The molecule has 0 aliphatic heterocycles. The number of nitrogens with one attached hydrogen (secondary N) is 1. The minimum absolute atomic E-state index is 0.189. The Labute approximate surface area is 128 Å². The molecule has 3 nitrogen and oxygen atoms in total. The van der Waals surface area contributed by atoms with Crippen LogP contribution >= 0.6 is 0 Å². The lowest BCUT2D eigenvalue weighted by molar-refractivity contribution is -0.140. The molecule has 1 N–H and O–H groups in total. The first-order chi connectivity index (χ1) is 10.4. The Hall–Kier alpha value is -1.72. The van der Waals surface area contributed by atoms with Crippen LogP contribution < -0.4 is 5.32 Å². The zero-order chi connectivity index (χ0) is 16.4. The molecule has 0 bridgehead atoms. The summed E-state index contributed by atoms with van der Waals surface area (Å²) in [5.41, 5.74) is -0.152. The van der Waals surface area contributed by atoms with E-state index in [1.54, 1.807) is 6.07 Å². The summed E-state index contributed by atoms with van der Waals surface area (Å²) in [5, 5.41) is 3.00. The van der Waals surface area contributed by atoms with E-state index in [1.807, 2.05) is 0 Å². The van der Waals surface area contributed by atoms with Gasteiger partial charge in [0.15, 0.2) is 0 Å². The van der Waals surface area contributed by atoms with Gasteiger partial charge in [-0.2, -0.15) is 13.2 Å². The molecule has 0 aromatic heterocycles. The van der Waals surface area contributed by atoms with Crippen LogP contribution in [0.4, 0.5) is 18.9 Å². The van der Waals surface area contributed by atoms with Gasteiger partial charge in [0.2, 0.25) is 0 Å². The summed E-state index contributed by atoms with van der Waals surface area (Å²) in [6.07, 6.45) is 0.769. The normalized spacial score (nSPS) is 11.3. The van der Waals surface area contributed by atoms with Crippen molar-refractivity contribution in [3.05, 3.63) is 29.8 Å². The van der Waals surface area contributed by atoms with Gasteiger partial charge in [-0.15, -0.1) is 0 Å². The van der Waals surface area contributed by atoms with E-state index in [9.17, 15) is 18.0 Å². The van der Waals surface area contributed by atoms with E-state index in [2.05, 4.69) is 10.1 Å². The average Bonchev–Trinajstić information content (AvgIpc) is 2.49. The van der Waals surface area contributed by atoms with Gasteiger partial charge >= 0.3 is 12.1 Å². The fourth-order valence-corrected chi connectivity index (χ4v) is 2.06. The van der Waals surface area contributed by atoms with Crippen LogP contribution in [-0.4, -0.2) is 19.6 Å². The molecule has 1 aromatic carbocycles. The molecule has 0 amide bonds. The molecular formula is C16H22F3NO2. The summed E-state index contributed by atoms with van der Waals surface area (Å²) in [7, 11) is 1.38. The predicted octanol–water partition coefficient (Wildman–Crippen LogP) is 4.63. The lowest BCUT2D eigenvalue weighted by Crippen LogP contribution is -2.07. The second-order valence-corrected chi connectivity index (χ2v) is 5.10. The Morgan fingerprint density at radius 2 is 1.82 bits per heavy atom. The maximum Gasteiger partial charge on any atom is 0.416 e. The van der Waals surface area contributed by atoms with Crippen molar-refractivity contribution in [2.45, 2.75) is 44.7 Å². The van der Waals surface area contributed by atoms with E-state index < -0.39 is 11.7 Å². The predicted molar refractivity (Wildman–Crippen MR) is 79.7 cm³/mol. The molecule has 0 spiro atoms. The number of benzene rings is 1. The molecule has 0 radical (unpaired) electrons. The number of anilines is 1. The molecular weight excluding hydrogens is 295 g/mol. The molecule has 0 saturated heterocycles. The number of ether oxygens (including phenoxy) is 1. The van der Waals surface area contributed by atoms with Gasteiger partial charge in [0.25, 0.3) is 0 Å². The highest BCUT2D eigenvalue weighted by atomic mass is 19.4. The van der Waals surface area contributed by atoms with Crippen molar-refractivity contribution < 1.29 is 22.7 Å². The highest BCUT2D eigenvalue weighted by molar-refractivity contribution is 5.68. The van der Waals surface area contributed by atoms with Crippen LogP contribution in [-0.2, 0) is 15.7 Å². The summed E-state index contributed by atoms with van der Waals surface area (Å²) < 4.78 is 42.2. The third-order valence-corrected chi connectivity index (χ3v) is 3.30. The number of methoxy groups -OCH3 is 1. The number of hydrogen-bond donors (Lipinski definition) is 1. The van der Waals surface area contributed by atoms with Crippen LogP contribution in [0.2, 0.25) is 0 Å². The lowest BCUT2D eigenvalue weighted by atomic mass is 10.1. The minimum atomic E-state index is -4.31. The smallest absolute Gasteiger partial charge is 0.416 e. The quantitative estimate of drug-likeness (QED) is 0.533. The third kappa shape index (κ3) is 7.33. The van der Waals surface area contributed by atoms with E-state index in [0.717, 1.165) is 44.2 Å². The number of esters is 1. The fraction of sp³-hybridized carbons (Fsp3) is 0.562. The fourth-order valence-electron chi connectivity index (χ4n) is 2.06. The zero-order valence-corrected chi connectivity index (χ0v) is 12.7. The highest BCUT2D eigenvalue weighted by Crippen LogP contribution is 2.30. The molecule has 0 unspecified atom stereocenters. The molecule has 1 aromatic rings. The van der Waals surface area contributed by atoms with Crippen LogP contribution in [0.1, 0.15) is 44.1 Å².